The second kappa shape index (κ2) is 9.15. The molecule has 3 atom stereocenters. The van der Waals surface area contributed by atoms with Crippen LogP contribution in [0, 0.1) is 0 Å². The Hall–Kier alpha value is -3.30. The standard InChI is InChI=1S/C25H22BrN3O5/c26-16-4-1-14(2-5-16)9-19(25(32)29-8-7-21-23(29)20(30)12-33-21)18-10-15(22-11-28-13-34-22)3-6-17(18)24(27)31/h1-6,10-11,13,19,21,23H,7-9,12H2,(H2,27,31). The first kappa shape index (κ1) is 22.5. The van der Waals surface area contributed by atoms with E-state index in [2.05, 4.69) is 20.9 Å². The van der Waals surface area contributed by atoms with Crippen LogP contribution >= 0.6 is 15.9 Å². The third kappa shape index (κ3) is 4.17. The van der Waals surface area contributed by atoms with Crippen molar-refractivity contribution in [3.63, 3.8) is 0 Å². The van der Waals surface area contributed by atoms with E-state index in [-0.39, 0.29) is 30.0 Å². The number of primary amides is 1. The van der Waals surface area contributed by atoms with E-state index in [1.165, 1.54) is 6.39 Å². The molecule has 8 nitrogen and oxygen atoms in total. The number of benzene rings is 2. The largest absolute Gasteiger partial charge is 0.444 e. The maximum Gasteiger partial charge on any atom is 0.249 e. The monoisotopic (exact) mass is 523 g/mol. The second-order valence-electron chi connectivity index (χ2n) is 8.50. The third-order valence-electron chi connectivity index (χ3n) is 6.46. The van der Waals surface area contributed by atoms with E-state index in [1.807, 2.05) is 24.3 Å². The Morgan fingerprint density at radius 3 is 2.71 bits per heavy atom. The van der Waals surface area contributed by atoms with E-state index in [0.29, 0.717) is 36.3 Å². The summed E-state index contributed by atoms with van der Waals surface area (Å²) in [6, 6.07) is 12.1. The zero-order valence-electron chi connectivity index (χ0n) is 18.1. The molecule has 0 spiro atoms. The van der Waals surface area contributed by atoms with Gasteiger partial charge in [-0.3, -0.25) is 14.4 Å². The van der Waals surface area contributed by atoms with Gasteiger partial charge in [0.2, 0.25) is 11.8 Å². The number of Topliss-reactive ketones (excluding diaryl/α,β-unsaturated/α-hetero) is 1. The number of carbonyl (C=O) groups is 3. The summed E-state index contributed by atoms with van der Waals surface area (Å²) in [5.41, 5.74) is 8.04. The van der Waals surface area contributed by atoms with E-state index in [1.54, 1.807) is 29.3 Å². The highest BCUT2D eigenvalue weighted by Gasteiger charge is 2.48. The molecule has 0 radical (unpaired) electrons. The topological polar surface area (TPSA) is 116 Å². The molecule has 2 fully saturated rings. The average Bonchev–Trinajstić information content (AvgIpc) is 3.58. The van der Waals surface area contributed by atoms with Gasteiger partial charge in [0.25, 0.3) is 0 Å². The van der Waals surface area contributed by atoms with Gasteiger partial charge in [-0.25, -0.2) is 4.98 Å². The predicted octanol–water partition coefficient (Wildman–Crippen LogP) is 3.10. The number of ether oxygens (including phenoxy) is 1. The Balaban J connectivity index is 1.60. The molecule has 34 heavy (non-hydrogen) atoms. The number of amides is 2. The Morgan fingerprint density at radius 2 is 2.00 bits per heavy atom. The Labute approximate surface area is 204 Å². The summed E-state index contributed by atoms with van der Waals surface area (Å²) in [4.78, 5) is 44.4. The van der Waals surface area contributed by atoms with Gasteiger partial charge in [-0.15, -0.1) is 0 Å². The number of hydrogen-bond donors (Lipinski definition) is 1. The summed E-state index contributed by atoms with van der Waals surface area (Å²) in [5, 5.41) is 0. The van der Waals surface area contributed by atoms with Gasteiger partial charge in [0.1, 0.15) is 12.6 Å². The summed E-state index contributed by atoms with van der Waals surface area (Å²) in [6.07, 6.45) is 3.54. The van der Waals surface area contributed by atoms with Gasteiger partial charge in [-0.05, 0) is 48.2 Å². The zero-order valence-corrected chi connectivity index (χ0v) is 19.7. The fourth-order valence-electron chi connectivity index (χ4n) is 4.82. The molecule has 3 aromatic rings. The molecule has 9 heteroatoms. The highest BCUT2D eigenvalue weighted by atomic mass is 79.9. The number of likely N-dealkylation sites (tertiary alicyclic amines) is 1. The zero-order chi connectivity index (χ0) is 23.8. The maximum absolute atomic E-state index is 14.0. The Kier molecular flexibility index (Phi) is 6.05. The van der Waals surface area contributed by atoms with E-state index in [4.69, 9.17) is 14.9 Å². The smallest absolute Gasteiger partial charge is 0.249 e. The number of oxazole rings is 1. The second-order valence-corrected chi connectivity index (χ2v) is 9.41. The summed E-state index contributed by atoms with van der Waals surface area (Å²) >= 11 is 3.43. The predicted molar refractivity (Wildman–Crippen MR) is 126 cm³/mol. The maximum atomic E-state index is 14.0. The van der Waals surface area contributed by atoms with Crippen LogP contribution in [0.2, 0.25) is 0 Å². The third-order valence-corrected chi connectivity index (χ3v) is 6.98. The molecular weight excluding hydrogens is 502 g/mol. The first-order valence-electron chi connectivity index (χ1n) is 10.9. The van der Waals surface area contributed by atoms with Gasteiger partial charge in [-0.2, -0.15) is 0 Å². The van der Waals surface area contributed by atoms with Crippen molar-refractivity contribution < 1.29 is 23.5 Å². The molecule has 174 valence electrons. The quantitative estimate of drug-likeness (QED) is 0.530. The number of nitrogens with two attached hydrogens (primary N) is 1. The molecule has 2 aromatic carbocycles. The van der Waals surface area contributed by atoms with Gasteiger partial charge in [0.05, 0.1) is 18.2 Å². The van der Waals surface area contributed by atoms with Crippen LogP contribution in [-0.2, 0) is 20.7 Å². The van der Waals surface area contributed by atoms with Crippen molar-refractivity contribution >= 4 is 33.5 Å². The molecular formula is C25H22BrN3O5. The van der Waals surface area contributed by atoms with Gasteiger partial charge >= 0.3 is 0 Å². The van der Waals surface area contributed by atoms with Crippen LogP contribution in [0.25, 0.3) is 11.3 Å². The number of rotatable bonds is 6. The van der Waals surface area contributed by atoms with Crippen molar-refractivity contribution in [3.05, 3.63) is 76.2 Å². The summed E-state index contributed by atoms with van der Waals surface area (Å²) in [6.45, 7) is 0.439. The lowest BCUT2D eigenvalue weighted by Gasteiger charge is -2.28. The molecule has 0 saturated carbocycles. The average molecular weight is 524 g/mol. The Bertz CT molecular complexity index is 1240. The van der Waals surface area contributed by atoms with Gasteiger partial charge in [-0.1, -0.05) is 34.1 Å². The minimum absolute atomic E-state index is 0.0179. The molecule has 0 bridgehead atoms. The molecule has 2 aliphatic heterocycles. The number of nitrogens with zero attached hydrogens (tertiary/aromatic N) is 2. The molecule has 3 unspecified atom stereocenters. The molecule has 2 N–H and O–H groups in total. The van der Waals surface area contributed by atoms with Gasteiger partial charge < -0.3 is 19.8 Å². The summed E-state index contributed by atoms with van der Waals surface area (Å²) < 4.78 is 11.9. The lowest BCUT2D eigenvalue weighted by atomic mass is 9.85. The number of fused-ring (bicyclic) bond motifs is 1. The van der Waals surface area contributed by atoms with Crippen LogP contribution in [-0.4, -0.2) is 52.8 Å². The number of ketones is 1. The van der Waals surface area contributed by atoms with Crippen LogP contribution in [0.1, 0.15) is 33.8 Å². The summed E-state index contributed by atoms with van der Waals surface area (Å²) in [5.74, 6) is -1.19. The van der Waals surface area contributed by atoms with Crippen LogP contribution < -0.4 is 5.73 Å². The van der Waals surface area contributed by atoms with Crippen molar-refractivity contribution in [1.29, 1.82) is 0 Å². The van der Waals surface area contributed by atoms with Crippen molar-refractivity contribution in [2.75, 3.05) is 13.2 Å². The van der Waals surface area contributed by atoms with E-state index in [0.717, 1.165) is 10.0 Å². The fourth-order valence-corrected chi connectivity index (χ4v) is 5.08. The first-order valence-corrected chi connectivity index (χ1v) is 11.7. The van der Waals surface area contributed by atoms with Crippen molar-refractivity contribution in [2.24, 2.45) is 5.73 Å². The van der Waals surface area contributed by atoms with E-state index in [9.17, 15) is 14.4 Å². The highest BCUT2D eigenvalue weighted by Crippen LogP contribution is 2.35. The minimum atomic E-state index is -0.737. The molecule has 1 aromatic heterocycles. The SMILES string of the molecule is NC(=O)c1ccc(-c2cnco2)cc1C(Cc1ccc(Br)cc1)C(=O)N1CCC2OCC(=O)C21. The van der Waals surface area contributed by atoms with Gasteiger partial charge in [0, 0.05) is 22.1 Å². The Morgan fingerprint density at radius 1 is 1.21 bits per heavy atom. The van der Waals surface area contributed by atoms with Crippen LogP contribution in [0.3, 0.4) is 0 Å². The molecule has 2 aliphatic rings. The molecule has 2 amide bonds. The number of aromatic nitrogens is 1. The van der Waals surface area contributed by atoms with E-state index < -0.39 is 17.9 Å². The number of halogens is 1. The fraction of sp³-hybridized carbons (Fsp3) is 0.280. The normalized spacial score (nSPS) is 20.4. The molecule has 0 aliphatic carbocycles. The molecule has 3 heterocycles. The molecule has 2 saturated heterocycles. The number of carbonyl (C=O) groups excluding carboxylic acids is 3. The van der Waals surface area contributed by atoms with Crippen molar-refractivity contribution in [3.8, 4) is 11.3 Å². The highest BCUT2D eigenvalue weighted by molar-refractivity contribution is 9.10. The van der Waals surface area contributed by atoms with E-state index >= 15 is 0 Å². The summed E-state index contributed by atoms with van der Waals surface area (Å²) in [7, 11) is 0. The van der Waals surface area contributed by atoms with Crippen molar-refractivity contribution in [1.82, 2.24) is 9.88 Å². The van der Waals surface area contributed by atoms with Crippen LogP contribution in [0.4, 0.5) is 0 Å². The van der Waals surface area contributed by atoms with Crippen LogP contribution in [0.5, 0.6) is 0 Å². The van der Waals surface area contributed by atoms with Crippen LogP contribution in [0.15, 0.2) is 63.9 Å². The number of hydrogen-bond acceptors (Lipinski definition) is 6. The minimum Gasteiger partial charge on any atom is -0.444 e. The van der Waals surface area contributed by atoms with Gasteiger partial charge in [0.15, 0.2) is 17.9 Å². The lowest BCUT2D eigenvalue weighted by Crippen LogP contribution is -2.44. The van der Waals surface area contributed by atoms with Crippen molar-refractivity contribution in [2.45, 2.75) is 30.9 Å². The molecule has 5 rings (SSSR count). The first-order chi connectivity index (χ1) is 16.4. The lowest BCUT2D eigenvalue weighted by molar-refractivity contribution is -0.137.